The van der Waals surface area contributed by atoms with Crippen LogP contribution in [-0.4, -0.2) is 78.2 Å². The van der Waals surface area contributed by atoms with Crippen LogP contribution in [0.5, 0.6) is 0 Å². The van der Waals surface area contributed by atoms with Crippen LogP contribution in [-0.2, 0) is 19.6 Å². The third kappa shape index (κ3) is 6.32. The van der Waals surface area contributed by atoms with Gasteiger partial charge in [0.1, 0.15) is 0 Å². The summed E-state index contributed by atoms with van der Waals surface area (Å²) in [6, 6.07) is 3.14. The number of hydrogen-bond acceptors (Lipinski definition) is 6. The predicted molar refractivity (Wildman–Crippen MR) is 98.2 cm³/mol. The zero-order chi connectivity index (χ0) is 25.1. The lowest BCUT2D eigenvalue weighted by Crippen LogP contribution is -2.67. The van der Waals surface area contributed by atoms with E-state index < -0.39 is 33.3 Å². The Bertz CT molecular complexity index is 948. The number of amides is 1. The maximum absolute atomic E-state index is 12.6. The van der Waals surface area contributed by atoms with E-state index in [2.05, 4.69) is 10.3 Å². The Labute approximate surface area is 183 Å². The molecule has 33 heavy (non-hydrogen) atoms. The molecule has 3 heterocycles. The molecule has 2 N–H and O–H groups in total. The minimum absolute atomic E-state index is 0.111. The van der Waals surface area contributed by atoms with E-state index >= 15 is 0 Å². The van der Waals surface area contributed by atoms with Crippen LogP contribution < -0.4 is 5.32 Å². The normalized spacial score (nSPS) is 20.5. The van der Waals surface area contributed by atoms with Crippen LogP contribution in [0, 0.1) is 5.92 Å². The molecule has 2 aliphatic rings. The van der Waals surface area contributed by atoms with Crippen molar-refractivity contribution in [3.05, 3.63) is 30.1 Å². The van der Waals surface area contributed by atoms with Gasteiger partial charge in [-0.05, 0) is 30.9 Å². The summed E-state index contributed by atoms with van der Waals surface area (Å²) in [4.78, 5) is 24.7. The van der Waals surface area contributed by atoms with Gasteiger partial charge < -0.3 is 15.2 Å². The Balaban J connectivity index is 0.000000479. The van der Waals surface area contributed by atoms with Gasteiger partial charge in [0, 0.05) is 44.2 Å². The number of pyridine rings is 1. The summed E-state index contributed by atoms with van der Waals surface area (Å²) in [7, 11) is -5.32. The number of rotatable bonds is 5. The van der Waals surface area contributed by atoms with Gasteiger partial charge in [-0.25, -0.2) is 13.2 Å². The Morgan fingerprint density at radius 1 is 1.18 bits per heavy atom. The second kappa shape index (κ2) is 9.80. The molecule has 0 bridgehead atoms. The number of aliphatic carboxylic acids is 1. The Morgan fingerprint density at radius 3 is 2.21 bits per heavy atom. The lowest BCUT2D eigenvalue weighted by atomic mass is 9.80. The number of nitrogens with zero attached hydrogens (tertiary/aromatic N) is 2. The first-order valence-electron chi connectivity index (χ1n) is 9.29. The molecule has 1 unspecified atom stereocenters. The summed E-state index contributed by atoms with van der Waals surface area (Å²) in [5, 5.41) is 9.87. The van der Waals surface area contributed by atoms with Gasteiger partial charge in [0.15, 0.2) is 0 Å². The van der Waals surface area contributed by atoms with E-state index in [0.717, 1.165) is 0 Å². The van der Waals surface area contributed by atoms with Crippen molar-refractivity contribution >= 4 is 21.9 Å². The van der Waals surface area contributed by atoms with E-state index in [1.54, 1.807) is 12.1 Å². The van der Waals surface area contributed by atoms with Crippen molar-refractivity contribution in [1.82, 2.24) is 14.6 Å². The van der Waals surface area contributed by atoms with Gasteiger partial charge in [-0.1, -0.05) is 0 Å². The molecule has 1 aromatic heterocycles. The van der Waals surface area contributed by atoms with Gasteiger partial charge in [0.2, 0.25) is 0 Å². The van der Waals surface area contributed by atoms with Crippen molar-refractivity contribution in [2.24, 2.45) is 5.92 Å². The van der Waals surface area contributed by atoms with Gasteiger partial charge in [-0.15, -0.1) is 0 Å². The van der Waals surface area contributed by atoms with Gasteiger partial charge in [-0.3, -0.25) is 9.78 Å². The van der Waals surface area contributed by atoms with Gasteiger partial charge >= 0.3 is 27.7 Å². The highest BCUT2D eigenvalue weighted by molar-refractivity contribution is 7.90. The Morgan fingerprint density at radius 2 is 1.73 bits per heavy atom. The SMILES string of the molecule is O=C(NCCC1CCOC12CN(S(=O)(=O)C(F)(F)F)C2)c1ccncc1.O=C(O)C(F)(F)F. The first-order chi connectivity index (χ1) is 15.1. The molecule has 1 atom stereocenters. The van der Waals surface area contributed by atoms with E-state index in [1.165, 1.54) is 12.4 Å². The summed E-state index contributed by atoms with van der Waals surface area (Å²) in [6.07, 6.45) is -0.973. The molecule has 1 aromatic rings. The van der Waals surface area contributed by atoms with Crippen molar-refractivity contribution in [3.63, 3.8) is 0 Å². The van der Waals surface area contributed by atoms with Crippen molar-refractivity contribution in [3.8, 4) is 0 Å². The fourth-order valence-corrected chi connectivity index (χ4v) is 4.44. The molecule has 1 spiro atoms. The molecule has 0 aliphatic carbocycles. The highest BCUT2D eigenvalue weighted by atomic mass is 32.2. The maximum Gasteiger partial charge on any atom is 0.511 e. The minimum Gasteiger partial charge on any atom is -0.475 e. The Hall–Kier alpha value is -2.46. The molecule has 2 saturated heterocycles. The van der Waals surface area contributed by atoms with Gasteiger partial charge in [0.05, 0.1) is 5.60 Å². The molecule has 0 radical (unpaired) electrons. The minimum atomic E-state index is -5.32. The monoisotopic (exact) mass is 507 g/mol. The van der Waals surface area contributed by atoms with Crippen LogP contribution in [0.2, 0.25) is 0 Å². The van der Waals surface area contributed by atoms with Crippen molar-refractivity contribution in [1.29, 1.82) is 0 Å². The standard InChI is InChI=1S/C15H18F3N3O4S.C2HF3O2/c16-15(17,18)26(23,24)21-9-14(10-21)12(4-8-25-14)3-7-20-13(22)11-1-5-19-6-2-11;3-2(4,5)1(6)7/h1-2,5-6,12H,3-4,7-10H2,(H,20,22);(H,6,7). The second-order valence-corrected chi connectivity index (χ2v) is 9.13. The molecule has 0 saturated carbocycles. The van der Waals surface area contributed by atoms with Crippen molar-refractivity contribution in [2.45, 2.75) is 30.1 Å². The quantitative estimate of drug-likeness (QED) is 0.582. The van der Waals surface area contributed by atoms with E-state index in [4.69, 9.17) is 14.6 Å². The Kier molecular flexibility index (Phi) is 7.96. The van der Waals surface area contributed by atoms with Crippen LogP contribution in [0.3, 0.4) is 0 Å². The highest BCUT2D eigenvalue weighted by Gasteiger charge is 2.61. The predicted octanol–water partition coefficient (Wildman–Crippen LogP) is 1.78. The van der Waals surface area contributed by atoms with E-state index in [1.807, 2.05) is 0 Å². The molecular weight excluding hydrogens is 488 g/mol. The number of hydrogen-bond donors (Lipinski definition) is 2. The van der Waals surface area contributed by atoms with Gasteiger partial charge in [0.25, 0.3) is 5.91 Å². The average molecular weight is 507 g/mol. The van der Waals surface area contributed by atoms with Crippen LogP contribution in [0.4, 0.5) is 26.3 Å². The number of carboxylic acid groups (broad SMARTS) is 1. The number of halogens is 6. The zero-order valence-electron chi connectivity index (χ0n) is 16.7. The van der Waals surface area contributed by atoms with Crippen molar-refractivity contribution < 1.29 is 54.2 Å². The van der Waals surface area contributed by atoms with Crippen LogP contribution in [0.15, 0.2) is 24.5 Å². The lowest BCUT2D eigenvalue weighted by Gasteiger charge is -2.49. The van der Waals surface area contributed by atoms with E-state index in [9.17, 15) is 39.6 Å². The first-order valence-corrected chi connectivity index (χ1v) is 10.7. The van der Waals surface area contributed by atoms with Crippen LogP contribution >= 0.6 is 0 Å². The third-order valence-corrected chi connectivity index (χ3v) is 6.61. The largest absolute Gasteiger partial charge is 0.511 e. The highest BCUT2D eigenvalue weighted by Crippen LogP contribution is 2.44. The summed E-state index contributed by atoms with van der Waals surface area (Å²) < 4.78 is 98.4. The summed E-state index contributed by atoms with van der Waals surface area (Å²) in [5.41, 5.74) is -5.73. The zero-order valence-corrected chi connectivity index (χ0v) is 17.5. The third-order valence-electron chi connectivity index (χ3n) is 5.08. The first kappa shape index (κ1) is 26.8. The molecular formula is C17H19F6N3O6S. The van der Waals surface area contributed by atoms with Crippen molar-refractivity contribution in [2.75, 3.05) is 26.2 Å². The fraction of sp³-hybridized carbons (Fsp3) is 0.588. The fourth-order valence-electron chi connectivity index (χ4n) is 3.37. The molecule has 2 fully saturated rings. The molecule has 9 nitrogen and oxygen atoms in total. The number of carboxylic acids is 1. The summed E-state index contributed by atoms with van der Waals surface area (Å²) in [6.45, 7) is 0.0709. The molecule has 1 amide bonds. The number of sulfonamides is 1. The van der Waals surface area contributed by atoms with E-state index in [-0.39, 0.29) is 24.9 Å². The number of carbonyl (C=O) groups is 2. The van der Waals surface area contributed by atoms with Crippen LogP contribution in [0.1, 0.15) is 23.2 Å². The van der Waals surface area contributed by atoms with Gasteiger partial charge in [-0.2, -0.15) is 30.6 Å². The number of carbonyl (C=O) groups excluding carboxylic acids is 1. The average Bonchev–Trinajstić information content (AvgIpc) is 3.10. The molecule has 2 aliphatic heterocycles. The molecule has 3 rings (SSSR count). The smallest absolute Gasteiger partial charge is 0.475 e. The molecule has 0 aromatic carbocycles. The summed E-state index contributed by atoms with van der Waals surface area (Å²) in [5.74, 6) is -3.14. The maximum atomic E-state index is 12.6. The number of ether oxygens (including phenoxy) is 1. The summed E-state index contributed by atoms with van der Waals surface area (Å²) >= 11 is 0. The molecule has 16 heteroatoms. The second-order valence-electron chi connectivity index (χ2n) is 7.20. The number of alkyl halides is 6. The lowest BCUT2D eigenvalue weighted by molar-refractivity contribution is -0.192. The topological polar surface area (TPSA) is 126 Å². The number of nitrogens with one attached hydrogen (secondary N) is 1. The molecule has 186 valence electrons. The number of aromatic nitrogens is 1. The van der Waals surface area contributed by atoms with E-state index in [0.29, 0.717) is 35.9 Å². The van der Waals surface area contributed by atoms with Crippen LogP contribution in [0.25, 0.3) is 0 Å².